The van der Waals surface area contributed by atoms with E-state index in [4.69, 9.17) is 0 Å². The highest BCUT2D eigenvalue weighted by Gasteiger charge is 2.13. The highest BCUT2D eigenvalue weighted by Crippen LogP contribution is 2.33. The van der Waals surface area contributed by atoms with Gasteiger partial charge in [-0.2, -0.15) is 0 Å². The maximum absolute atomic E-state index is 13.7. The van der Waals surface area contributed by atoms with Crippen LogP contribution in [0.15, 0.2) is 43.0 Å². The van der Waals surface area contributed by atoms with Gasteiger partial charge in [0.05, 0.1) is 0 Å². The van der Waals surface area contributed by atoms with Crippen molar-refractivity contribution in [2.75, 3.05) is 0 Å². The van der Waals surface area contributed by atoms with E-state index >= 15 is 0 Å². The Kier molecular flexibility index (Phi) is 3.19. The van der Waals surface area contributed by atoms with Gasteiger partial charge in [-0.3, -0.25) is 0 Å². The molecule has 0 saturated carbocycles. The van der Waals surface area contributed by atoms with Crippen LogP contribution in [0, 0.1) is 19.7 Å². The van der Waals surface area contributed by atoms with E-state index in [9.17, 15) is 9.50 Å². The Morgan fingerprint density at radius 3 is 2.44 bits per heavy atom. The van der Waals surface area contributed by atoms with Gasteiger partial charge in [0.1, 0.15) is 11.6 Å². The number of aryl methyl sites for hydroxylation is 2. The van der Waals surface area contributed by atoms with Crippen LogP contribution in [0.2, 0.25) is 0 Å². The molecule has 1 N–H and O–H groups in total. The molecule has 0 aliphatic rings. The maximum atomic E-state index is 13.7. The SMILES string of the molecule is C=C(c1ccccc1F)c1cc(C)cc(C)c1O. The lowest BCUT2D eigenvalue weighted by molar-refractivity contribution is 0.469. The topological polar surface area (TPSA) is 20.2 Å². The van der Waals surface area contributed by atoms with Crippen LogP contribution in [0.5, 0.6) is 5.75 Å². The van der Waals surface area contributed by atoms with Gasteiger partial charge in [-0.05, 0) is 42.7 Å². The summed E-state index contributed by atoms with van der Waals surface area (Å²) in [6, 6.07) is 10.1. The lowest BCUT2D eigenvalue weighted by Crippen LogP contribution is -1.93. The molecule has 2 rings (SSSR count). The number of hydrogen-bond acceptors (Lipinski definition) is 1. The van der Waals surface area contributed by atoms with Gasteiger partial charge in [0.15, 0.2) is 0 Å². The molecule has 2 aromatic carbocycles. The van der Waals surface area contributed by atoms with Crippen LogP contribution in [0.4, 0.5) is 4.39 Å². The third-order valence-electron chi connectivity index (χ3n) is 2.97. The summed E-state index contributed by atoms with van der Waals surface area (Å²) < 4.78 is 13.7. The van der Waals surface area contributed by atoms with E-state index < -0.39 is 0 Å². The largest absolute Gasteiger partial charge is 0.507 e. The molecule has 18 heavy (non-hydrogen) atoms. The maximum Gasteiger partial charge on any atom is 0.131 e. The number of phenolic OH excluding ortho intramolecular Hbond substituents is 1. The summed E-state index contributed by atoms with van der Waals surface area (Å²) in [5, 5.41) is 10.1. The van der Waals surface area contributed by atoms with Crippen LogP contribution in [0.1, 0.15) is 22.3 Å². The molecular formula is C16H15FO. The van der Waals surface area contributed by atoms with Gasteiger partial charge in [-0.15, -0.1) is 0 Å². The molecule has 0 aliphatic carbocycles. The fourth-order valence-electron chi connectivity index (χ4n) is 2.04. The normalized spacial score (nSPS) is 10.4. The lowest BCUT2D eigenvalue weighted by atomic mass is 9.95. The molecule has 0 heterocycles. The second-order valence-electron chi connectivity index (χ2n) is 4.44. The molecule has 0 radical (unpaired) electrons. The molecule has 0 saturated heterocycles. The van der Waals surface area contributed by atoms with Gasteiger partial charge in [0.2, 0.25) is 0 Å². The molecular weight excluding hydrogens is 227 g/mol. The average molecular weight is 242 g/mol. The standard InChI is InChI=1S/C16H15FO/c1-10-8-11(2)16(18)14(9-10)12(3)13-6-4-5-7-15(13)17/h4-9,18H,3H2,1-2H3. The van der Waals surface area contributed by atoms with E-state index in [1.165, 1.54) is 6.07 Å². The third-order valence-corrected chi connectivity index (χ3v) is 2.97. The first kappa shape index (κ1) is 12.4. The number of benzene rings is 2. The van der Waals surface area contributed by atoms with E-state index in [1.54, 1.807) is 18.2 Å². The van der Waals surface area contributed by atoms with Crippen LogP contribution in [0.25, 0.3) is 5.57 Å². The lowest BCUT2D eigenvalue weighted by Gasteiger charge is -2.12. The smallest absolute Gasteiger partial charge is 0.131 e. The average Bonchev–Trinajstić information content (AvgIpc) is 2.33. The van der Waals surface area contributed by atoms with E-state index in [-0.39, 0.29) is 11.6 Å². The fourth-order valence-corrected chi connectivity index (χ4v) is 2.04. The van der Waals surface area contributed by atoms with Crippen molar-refractivity contribution in [3.63, 3.8) is 0 Å². The van der Waals surface area contributed by atoms with Crippen LogP contribution < -0.4 is 0 Å². The number of hydrogen-bond donors (Lipinski definition) is 1. The summed E-state index contributed by atoms with van der Waals surface area (Å²) in [7, 11) is 0. The first-order chi connectivity index (χ1) is 8.50. The minimum absolute atomic E-state index is 0.161. The Morgan fingerprint density at radius 1 is 1.11 bits per heavy atom. The molecule has 0 amide bonds. The molecule has 0 aromatic heterocycles. The van der Waals surface area contributed by atoms with Crippen molar-refractivity contribution in [3.05, 3.63) is 71.0 Å². The van der Waals surface area contributed by atoms with E-state index in [0.717, 1.165) is 11.1 Å². The monoisotopic (exact) mass is 242 g/mol. The minimum Gasteiger partial charge on any atom is -0.507 e. The summed E-state index contributed by atoms with van der Waals surface area (Å²) in [6.45, 7) is 7.65. The second-order valence-corrected chi connectivity index (χ2v) is 4.44. The number of halogens is 1. The number of phenols is 1. The van der Waals surface area contributed by atoms with Crippen molar-refractivity contribution in [1.29, 1.82) is 0 Å². The van der Waals surface area contributed by atoms with Crippen LogP contribution >= 0.6 is 0 Å². The zero-order valence-electron chi connectivity index (χ0n) is 10.5. The zero-order valence-corrected chi connectivity index (χ0v) is 10.5. The molecule has 0 atom stereocenters. The van der Waals surface area contributed by atoms with Crippen molar-refractivity contribution in [2.45, 2.75) is 13.8 Å². The molecule has 92 valence electrons. The molecule has 2 heteroatoms. The van der Waals surface area contributed by atoms with Crippen molar-refractivity contribution in [3.8, 4) is 5.75 Å². The van der Waals surface area contributed by atoms with Crippen molar-refractivity contribution < 1.29 is 9.50 Å². The van der Waals surface area contributed by atoms with Gasteiger partial charge >= 0.3 is 0 Å². The van der Waals surface area contributed by atoms with E-state index in [0.29, 0.717) is 16.7 Å². The molecule has 2 aromatic rings. The van der Waals surface area contributed by atoms with Gasteiger partial charge < -0.3 is 5.11 Å². The molecule has 0 aliphatic heterocycles. The van der Waals surface area contributed by atoms with Crippen LogP contribution in [-0.2, 0) is 0 Å². The third kappa shape index (κ3) is 2.14. The van der Waals surface area contributed by atoms with Crippen molar-refractivity contribution in [1.82, 2.24) is 0 Å². The Morgan fingerprint density at radius 2 is 1.78 bits per heavy atom. The van der Waals surface area contributed by atoms with Gasteiger partial charge in [0.25, 0.3) is 0 Å². The quantitative estimate of drug-likeness (QED) is 0.836. The predicted octanol–water partition coefficient (Wildman–Crippen LogP) is 4.21. The second kappa shape index (κ2) is 4.65. The number of rotatable bonds is 2. The van der Waals surface area contributed by atoms with Gasteiger partial charge in [-0.25, -0.2) is 4.39 Å². The molecule has 0 spiro atoms. The summed E-state index contributed by atoms with van der Waals surface area (Å²) in [4.78, 5) is 0. The van der Waals surface area contributed by atoms with Gasteiger partial charge in [-0.1, -0.05) is 30.8 Å². The summed E-state index contributed by atoms with van der Waals surface area (Å²) >= 11 is 0. The van der Waals surface area contributed by atoms with Crippen molar-refractivity contribution in [2.24, 2.45) is 0 Å². The first-order valence-electron chi connectivity index (χ1n) is 5.75. The molecule has 1 nitrogen and oxygen atoms in total. The Balaban J connectivity index is 2.57. The van der Waals surface area contributed by atoms with Crippen LogP contribution in [-0.4, -0.2) is 5.11 Å². The Labute approximate surface area is 106 Å². The number of aromatic hydroxyl groups is 1. The molecule has 0 unspecified atom stereocenters. The highest BCUT2D eigenvalue weighted by molar-refractivity contribution is 5.82. The Bertz CT molecular complexity index is 614. The molecule has 0 fully saturated rings. The van der Waals surface area contributed by atoms with Crippen LogP contribution in [0.3, 0.4) is 0 Å². The summed E-state index contributed by atoms with van der Waals surface area (Å²) in [6.07, 6.45) is 0. The summed E-state index contributed by atoms with van der Waals surface area (Å²) in [5.74, 6) is -0.171. The van der Waals surface area contributed by atoms with E-state index in [1.807, 2.05) is 26.0 Å². The summed E-state index contributed by atoms with van der Waals surface area (Å²) in [5.41, 5.74) is 3.27. The fraction of sp³-hybridized carbons (Fsp3) is 0.125. The molecule has 0 bridgehead atoms. The predicted molar refractivity (Wildman–Crippen MR) is 72.1 cm³/mol. The first-order valence-corrected chi connectivity index (χ1v) is 5.75. The van der Waals surface area contributed by atoms with Crippen molar-refractivity contribution >= 4 is 5.57 Å². The highest BCUT2D eigenvalue weighted by atomic mass is 19.1. The van der Waals surface area contributed by atoms with E-state index in [2.05, 4.69) is 6.58 Å². The minimum atomic E-state index is -0.332. The zero-order chi connectivity index (χ0) is 13.3. The van der Waals surface area contributed by atoms with Gasteiger partial charge in [0, 0.05) is 11.1 Å². The Hall–Kier alpha value is -2.09.